The fourth-order valence-corrected chi connectivity index (χ4v) is 3.43. The van der Waals surface area contributed by atoms with Gasteiger partial charge in [0.25, 0.3) is 0 Å². The summed E-state index contributed by atoms with van der Waals surface area (Å²) in [5.41, 5.74) is -0.605. The van der Waals surface area contributed by atoms with E-state index in [4.69, 9.17) is 0 Å². The van der Waals surface area contributed by atoms with Crippen molar-refractivity contribution >= 4 is 18.0 Å². The number of nitrogens with zero attached hydrogens (tertiary/aromatic N) is 1. The Balaban J connectivity index is 1.82. The molecule has 1 fully saturated rings. The molecule has 1 aromatic carbocycles. The molecule has 0 aromatic heterocycles. The number of carbonyl (C=O) groups is 1. The van der Waals surface area contributed by atoms with Crippen LogP contribution in [0.4, 0.5) is 13.2 Å². The van der Waals surface area contributed by atoms with Crippen LogP contribution < -0.4 is 0 Å². The fraction of sp³-hybridized carbons (Fsp3) is 0.533. The van der Waals surface area contributed by atoms with Crippen molar-refractivity contribution in [2.24, 2.45) is 5.92 Å². The zero-order valence-electron chi connectivity index (χ0n) is 11.6. The first-order chi connectivity index (χ1) is 9.99. The predicted octanol–water partition coefficient (Wildman–Crippen LogP) is 3.71. The lowest BCUT2D eigenvalue weighted by molar-refractivity contribution is -0.137. The summed E-state index contributed by atoms with van der Waals surface area (Å²) in [7, 11) is 0. The maximum atomic E-state index is 12.6. The van der Waals surface area contributed by atoms with Gasteiger partial charge < -0.3 is 9.69 Å². The summed E-state index contributed by atoms with van der Waals surface area (Å²) in [4.78, 5) is 13.6. The number of thioether (sulfide) groups is 1. The van der Waals surface area contributed by atoms with E-state index in [1.807, 2.05) is 0 Å². The van der Waals surface area contributed by atoms with E-state index in [0.29, 0.717) is 4.90 Å². The van der Waals surface area contributed by atoms with Gasteiger partial charge in [-0.25, -0.2) is 0 Å². The van der Waals surface area contributed by atoms with Crippen molar-refractivity contribution in [1.82, 2.24) is 4.90 Å². The number of carbonyl (C=O) groups excluding carboxylic acids is 1. The summed E-state index contributed by atoms with van der Waals surface area (Å²) in [6.07, 6.45) is -1.33. The summed E-state index contributed by atoms with van der Waals surface area (Å²) in [5, 5.41) is 0. The van der Waals surface area contributed by atoms with Crippen LogP contribution >= 0.6 is 11.8 Å². The largest absolute Gasteiger partial charge is 0.416 e. The van der Waals surface area contributed by atoms with Crippen molar-refractivity contribution in [2.45, 2.75) is 23.9 Å². The maximum Gasteiger partial charge on any atom is 0.416 e. The summed E-state index contributed by atoms with van der Waals surface area (Å²) in [6, 6.07) is 5.41. The number of benzene rings is 1. The molecule has 0 saturated carbocycles. The molecule has 0 N–H and O–H groups in total. The van der Waals surface area contributed by atoms with Gasteiger partial charge in [0, 0.05) is 29.7 Å². The first-order valence-corrected chi connectivity index (χ1v) is 7.95. The highest BCUT2D eigenvalue weighted by Crippen LogP contribution is 2.31. The highest BCUT2D eigenvalue weighted by atomic mass is 32.2. The lowest BCUT2D eigenvalue weighted by atomic mass is 10.00. The Bertz CT molecular complexity index is 478. The number of hydrogen-bond donors (Lipinski definition) is 0. The molecule has 0 aliphatic carbocycles. The summed E-state index contributed by atoms with van der Waals surface area (Å²) >= 11 is 1.42. The van der Waals surface area contributed by atoms with Gasteiger partial charge in [0.05, 0.1) is 5.56 Å². The van der Waals surface area contributed by atoms with Crippen LogP contribution in [0.25, 0.3) is 0 Å². The van der Waals surface area contributed by atoms with Gasteiger partial charge >= 0.3 is 6.18 Å². The van der Waals surface area contributed by atoms with E-state index in [1.54, 1.807) is 6.07 Å². The first-order valence-electron chi connectivity index (χ1n) is 6.97. The SMILES string of the molecule is O=CC1CCCN(CCSc2cccc(C(F)(F)F)c2)C1. The van der Waals surface area contributed by atoms with Crippen molar-refractivity contribution in [3.8, 4) is 0 Å². The summed E-state index contributed by atoms with van der Waals surface area (Å²) < 4.78 is 37.8. The van der Waals surface area contributed by atoms with Crippen molar-refractivity contribution in [3.63, 3.8) is 0 Å². The molecule has 6 heteroatoms. The highest BCUT2D eigenvalue weighted by Gasteiger charge is 2.30. The van der Waals surface area contributed by atoms with Crippen molar-refractivity contribution in [3.05, 3.63) is 29.8 Å². The van der Waals surface area contributed by atoms with Gasteiger partial charge in [-0.15, -0.1) is 11.8 Å². The van der Waals surface area contributed by atoms with Gasteiger partial charge in [0.2, 0.25) is 0 Å². The molecular formula is C15H18F3NOS. The molecule has 0 amide bonds. The number of rotatable bonds is 5. The Labute approximate surface area is 126 Å². The molecule has 2 nitrogen and oxygen atoms in total. The molecule has 0 spiro atoms. The molecule has 1 heterocycles. The molecule has 1 saturated heterocycles. The third-order valence-electron chi connectivity index (χ3n) is 3.57. The van der Waals surface area contributed by atoms with Crippen LogP contribution in [-0.4, -0.2) is 36.6 Å². The number of aldehydes is 1. The molecule has 2 rings (SSSR count). The Morgan fingerprint density at radius 2 is 2.19 bits per heavy atom. The van der Waals surface area contributed by atoms with Gasteiger partial charge in [-0.2, -0.15) is 13.2 Å². The second kappa shape index (κ2) is 7.31. The van der Waals surface area contributed by atoms with Crippen LogP contribution in [-0.2, 0) is 11.0 Å². The van der Waals surface area contributed by atoms with Crippen molar-refractivity contribution in [1.29, 1.82) is 0 Å². The molecule has 1 aromatic rings. The molecule has 1 unspecified atom stereocenters. The van der Waals surface area contributed by atoms with E-state index in [0.717, 1.165) is 50.6 Å². The minimum absolute atomic E-state index is 0.109. The molecule has 116 valence electrons. The van der Waals surface area contributed by atoms with Gasteiger partial charge in [-0.05, 0) is 37.6 Å². The van der Waals surface area contributed by atoms with E-state index in [-0.39, 0.29) is 5.92 Å². The van der Waals surface area contributed by atoms with E-state index < -0.39 is 11.7 Å². The number of likely N-dealkylation sites (tertiary alicyclic amines) is 1. The van der Waals surface area contributed by atoms with Crippen LogP contribution in [0.3, 0.4) is 0 Å². The minimum atomic E-state index is -4.29. The third kappa shape index (κ3) is 5.04. The molecule has 0 radical (unpaired) electrons. The Kier molecular flexibility index (Phi) is 5.70. The van der Waals surface area contributed by atoms with Crippen LogP contribution in [0.15, 0.2) is 29.2 Å². The summed E-state index contributed by atoms with van der Waals surface area (Å²) in [6.45, 7) is 2.53. The average Bonchev–Trinajstić information content (AvgIpc) is 2.47. The van der Waals surface area contributed by atoms with Crippen molar-refractivity contribution < 1.29 is 18.0 Å². The minimum Gasteiger partial charge on any atom is -0.303 e. The second-order valence-corrected chi connectivity index (χ2v) is 6.38. The smallest absolute Gasteiger partial charge is 0.303 e. The van der Waals surface area contributed by atoms with Crippen LogP contribution in [0, 0.1) is 5.92 Å². The Morgan fingerprint density at radius 3 is 2.90 bits per heavy atom. The Hall–Kier alpha value is -1.01. The molecule has 21 heavy (non-hydrogen) atoms. The number of alkyl halides is 3. The number of halogens is 3. The summed E-state index contributed by atoms with van der Waals surface area (Å²) in [5.74, 6) is 0.838. The number of piperidine rings is 1. The zero-order valence-corrected chi connectivity index (χ0v) is 12.4. The van der Waals surface area contributed by atoms with Crippen molar-refractivity contribution in [2.75, 3.05) is 25.4 Å². The maximum absolute atomic E-state index is 12.6. The van der Waals surface area contributed by atoms with E-state index in [9.17, 15) is 18.0 Å². The topological polar surface area (TPSA) is 20.3 Å². The third-order valence-corrected chi connectivity index (χ3v) is 4.55. The van der Waals surface area contributed by atoms with Gasteiger partial charge in [0.1, 0.15) is 6.29 Å². The highest BCUT2D eigenvalue weighted by molar-refractivity contribution is 7.99. The molecule has 1 atom stereocenters. The van der Waals surface area contributed by atoms with E-state index in [2.05, 4.69) is 4.90 Å². The Morgan fingerprint density at radius 1 is 1.38 bits per heavy atom. The molecule has 1 aliphatic heterocycles. The van der Waals surface area contributed by atoms with Gasteiger partial charge in [-0.1, -0.05) is 6.07 Å². The standard InChI is InChI=1S/C15H18F3NOS/c16-15(17,18)13-4-1-5-14(9-13)21-8-7-19-6-2-3-12(10-19)11-20/h1,4-5,9,11-12H,2-3,6-8,10H2. The zero-order chi connectivity index (χ0) is 15.3. The van der Waals surface area contributed by atoms with Crippen LogP contribution in [0.1, 0.15) is 18.4 Å². The lowest BCUT2D eigenvalue weighted by Crippen LogP contribution is -2.37. The quantitative estimate of drug-likeness (QED) is 0.610. The predicted molar refractivity (Wildman–Crippen MR) is 77.4 cm³/mol. The molecule has 1 aliphatic rings. The number of hydrogen-bond acceptors (Lipinski definition) is 3. The lowest BCUT2D eigenvalue weighted by Gasteiger charge is -2.29. The van der Waals surface area contributed by atoms with E-state index >= 15 is 0 Å². The second-order valence-electron chi connectivity index (χ2n) is 5.21. The fourth-order valence-electron chi connectivity index (χ4n) is 2.46. The van der Waals surface area contributed by atoms with Gasteiger partial charge in [0.15, 0.2) is 0 Å². The molecular weight excluding hydrogens is 299 g/mol. The van der Waals surface area contributed by atoms with Crippen LogP contribution in [0.2, 0.25) is 0 Å². The first kappa shape index (κ1) is 16.4. The van der Waals surface area contributed by atoms with E-state index in [1.165, 1.54) is 23.9 Å². The van der Waals surface area contributed by atoms with Gasteiger partial charge in [-0.3, -0.25) is 0 Å². The average molecular weight is 317 g/mol. The normalized spacial score (nSPS) is 20.4. The van der Waals surface area contributed by atoms with Crippen LogP contribution in [0.5, 0.6) is 0 Å². The monoisotopic (exact) mass is 317 g/mol. The molecule has 0 bridgehead atoms.